The Morgan fingerprint density at radius 3 is 2.12 bits per heavy atom. The minimum Gasteiger partial charge on any atom is -0.449 e. The van der Waals surface area contributed by atoms with Crippen molar-refractivity contribution in [2.24, 2.45) is 0 Å². The number of carbonyl (C=O) groups excluding carboxylic acids is 2. The lowest BCUT2D eigenvalue weighted by molar-refractivity contribution is -0.148. The molecule has 7 nitrogen and oxygen atoms in total. The Kier molecular flexibility index (Phi) is 7.32. The minimum absolute atomic E-state index is 0.0993. The van der Waals surface area contributed by atoms with E-state index in [2.05, 4.69) is 10.0 Å². The van der Waals surface area contributed by atoms with Crippen LogP contribution in [0.4, 0.5) is 5.69 Å². The van der Waals surface area contributed by atoms with Crippen LogP contribution in [0.2, 0.25) is 0 Å². The fourth-order valence-corrected chi connectivity index (χ4v) is 3.09. The molecular formula is C17H24N2O5S. The molecule has 1 aromatic rings. The Bertz CT molecular complexity index is 748. The highest BCUT2D eigenvalue weighted by atomic mass is 32.2. The van der Waals surface area contributed by atoms with E-state index in [1.165, 1.54) is 37.3 Å². The molecule has 1 unspecified atom stereocenters. The van der Waals surface area contributed by atoms with Crippen molar-refractivity contribution < 1.29 is 22.7 Å². The summed E-state index contributed by atoms with van der Waals surface area (Å²) >= 11 is 0. The predicted octanol–water partition coefficient (Wildman–Crippen LogP) is 2.21. The third kappa shape index (κ3) is 7.06. The number of ether oxygens (including phenoxy) is 1. The van der Waals surface area contributed by atoms with Gasteiger partial charge in [0.2, 0.25) is 10.0 Å². The quantitative estimate of drug-likeness (QED) is 0.567. The molecule has 0 aliphatic heterocycles. The van der Waals surface area contributed by atoms with Crippen molar-refractivity contribution in [3.8, 4) is 0 Å². The molecule has 1 atom stereocenters. The van der Waals surface area contributed by atoms with Gasteiger partial charge in [-0.25, -0.2) is 17.9 Å². The first-order valence-electron chi connectivity index (χ1n) is 7.80. The van der Waals surface area contributed by atoms with Gasteiger partial charge in [-0.2, -0.15) is 0 Å². The van der Waals surface area contributed by atoms with Gasteiger partial charge in [-0.05, 0) is 58.9 Å². The van der Waals surface area contributed by atoms with E-state index in [4.69, 9.17) is 4.74 Å². The number of hydrogen-bond acceptors (Lipinski definition) is 5. The molecule has 2 N–H and O–H groups in total. The smallest absolute Gasteiger partial charge is 0.331 e. The van der Waals surface area contributed by atoms with E-state index < -0.39 is 28.0 Å². The van der Waals surface area contributed by atoms with Crippen molar-refractivity contribution in [1.82, 2.24) is 4.72 Å². The maximum absolute atomic E-state index is 12.0. The molecule has 8 heteroatoms. The van der Waals surface area contributed by atoms with Crippen LogP contribution < -0.4 is 10.0 Å². The van der Waals surface area contributed by atoms with Gasteiger partial charge in [0.1, 0.15) is 0 Å². The zero-order chi connectivity index (χ0) is 19.2. The van der Waals surface area contributed by atoms with Crippen LogP contribution in [-0.2, 0) is 24.3 Å². The molecule has 1 amide bonds. The molecule has 138 valence electrons. The zero-order valence-electron chi connectivity index (χ0n) is 15.0. The SMILES string of the molecule is CC(C)=CC(=O)OC(C)C(=O)Nc1ccc(S(=O)(=O)NC(C)C)cc1. The van der Waals surface area contributed by atoms with Crippen LogP contribution >= 0.6 is 0 Å². The molecule has 0 aromatic heterocycles. The molecule has 0 saturated heterocycles. The number of rotatable bonds is 7. The summed E-state index contributed by atoms with van der Waals surface area (Å²) in [6, 6.07) is 5.50. The lowest BCUT2D eigenvalue weighted by atomic mass is 10.3. The number of allylic oxidation sites excluding steroid dienone is 1. The van der Waals surface area contributed by atoms with Crippen molar-refractivity contribution in [2.45, 2.75) is 51.7 Å². The third-order valence-corrected chi connectivity index (χ3v) is 4.57. The predicted molar refractivity (Wildman–Crippen MR) is 95.5 cm³/mol. The number of esters is 1. The van der Waals surface area contributed by atoms with Gasteiger partial charge in [-0.1, -0.05) is 5.57 Å². The van der Waals surface area contributed by atoms with E-state index in [-0.39, 0.29) is 10.9 Å². The summed E-state index contributed by atoms with van der Waals surface area (Å²) in [7, 11) is -3.59. The van der Waals surface area contributed by atoms with Crippen LogP contribution in [0.15, 0.2) is 40.8 Å². The lowest BCUT2D eigenvalue weighted by Gasteiger charge is -2.13. The average Bonchev–Trinajstić information content (AvgIpc) is 2.45. The second-order valence-electron chi connectivity index (χ2n) is 6.09. The monoisotopic (exact) mass is 368 g/mol. The first-order valence-corrected chi connectivity index (χ1v) is 9.28. The van der Waals surface area contributed by atoms with E-state index in [9.17, 15) is 18.0 Å². The first-order chi connectivity index (χ1) is 11.5. The largest absolute Gasteiger partial charge is 0.449 e. The van der Waals surface area contributed by atoms with Gasteiger partial charge >= 0.3 is 5.97 Å². The van der Waals surface area contributed by atoms with Gasteiger partial charge in [0, 0.05) is 17.8 Å². The molecule has 0 heterocycles. The minimum atomic E-state index is -3.59. The molecule has 0 aliphatic carbocycles. The molecular weight excluding hydrogens is 344 g/mol. The maximum atomic E-state index is 12.0. The molecule has 0 spiro atoms. The zero-order valence-corrected chi connectivity index (χ0v) is 15.8. The van der Waals surface area contributed by atoms with Gasteiger partial charge in [0.15, 0.2) is 6.10 Å². The van der Waals surface area contributed by atoms with Crippen molar-refractivity contribution in [3.63, 3.8) is 0 Å². The molecule has 0 saturated carbocycles. The molecule has 0 aliphatic rings. The summed E-state index contributed by atoms with van der Waals surface area (Å²) in [5.41, 5.74) is 1.17. The van der Waals surface area contributed by atoms with E-state index in [1.54, 1.807) is 27.7 Å². The van der Waals surface area contributed by atoms with E-state index in [0.717, 1.165) is 5.57 Å². The summed E-state index contributed by atoms with van der Waals surface area (Å²) < 4.78 is 31.5. The van der Waals surface area contributed by atoms with Gasteiger partial charge in [0.25, 0.3) is 5.91 Å². The Hall–Kier alpha value is -2.19. The summed E-state index contributed by atoms with van der Waals surface area (Å²) in [4.78, 5) is 23.6. The second kappa shape index (κ2) is 8.77. The number of amides is 1. The number of sulfonamides is 1. The molecule has 1 rings (SSSR count). The highest BCUT2D eigenvalue weighted by Gasteiger charge is 2.18. The topological polar surface area (TPSA) is 102 Å². The number of anilines is 1. The number of nitrogens with one attached hydrogen (secondary N) is 2. The summed E-state index contributed by atoms with van der Waals surface area (Å²) in [5, 5.41) is 2.57. The Morgan fingerprint density at radius 2 is 1.64 bits per heavy atom. The summed E-state index contributed by atoms with van der Waals surface area (Å²) in [6.45, 7) is 8.40. The van der Waals surface area contributed by atoms with Gasteiger partial charge in [0.05, 0.1) is 4.90 Å². The standard InChI is InChI=1S/C17H24N2O5S/c1-11(2)10-16(20)24-13(5)17(21)18-14-6-8-15(9-7-14)25(22,23)19-12(3)4/h6-10,12-13,19H,1-5H3,(H,18,21). The average molecular weight is 368 g/mol. The fraction of sp³-hybridized carbons (Fsp3) is 0.412. The first kappa shape index (κ1) is 20.9. The molecule has 0 radical (unpaired) electrons. The van der Waals surface area contributed by atoms with Crippen LogP contribution in [0.1, 0.15) is 34.6 Å². The van der Waals surface area contributed by atoms with Gasteiger partial charge in [-0.15, -0.1) is 0 Å². The van der Waals surface area contributed by atoms with Crippen LogP contribution in [0.3, 0.4) is 0 Å². The highest BCUT2D eigenvalue weighted by Crippen LogP contribution is 2.15. The van der Waals surface area contributed by atoms with Crippen molar-refractivity contribution in [2.75, 3.05) is 5.32 Å². The Balaban J connectivity index is 2.73. The fourth-order valence-electron chi connectivity index (χ4n) is 1.84. The number of benzene rings is 1. The van der Waals surface area contributed by atoms with Crippen molar-refractivity contribution >= 4 is 27.6 Å². The van der Waals surface area contributed by atoms with Crippen LogP contribution in [0.25, 0.3) is 0 Å². The van der Waals surface area contributed by atoms with E-state index in [0.29, 0.717) is 5.69 Å². The van der Waals surface area contributed by atoms with E-state index >= 15 is 0 Å². The third-order valence-electron chi connectivity index (χ3n) is 2.89. The summed E-state index contributed by atoms with van der Waals surface area (Å²) in [5.74, 6) is -1.10. The van der Waals surface area contributed by atoms with Gasteiger partial charge in [-0.3, -0.25) is 4.79 Å². The van der Waals surface area contributed by atoms with E-state index in [1.807, 2.05) is 0 Å². The molecule has 25 heavy (non-hydrogen) atoms. The highest BCUT2D eigenvalue weighted by molar-refractivity contribution is 7.89. The second-order valence-corrected chi connectivity index (χ2v) is 7.80. The maximum Gasteiger partial charge on any atom is 0.331 e. The Labute approximate surface area is 148 Å². The van der Waals surface area contributed by atoms with Crippen LogP contribution in [0, 0.1) is 0 Å². The van der Waals surface area contributed by atoms with Crippen LogP contribution in [0.5, 0.6) is 0 Å². The molecule has 0 bridgehead atoms. The number of hydrogen-bond donors (Lipinski definition) is 2. The van der Waals surface area contributed by atoms with Crippen molar-refractivity contribution in [1.29, 1.82) is 0 Å². The van der Waals surface area contributed by atoms with Crippen molar-refractivity contribution in [3.05, 3.63) is 35.9 Å². The van der Waals surface area contributed by atoms with Crippen LogP contribution in [-0.4, -0.2) is 32.4 Å². The molecule has 0 fully saturated rings. The molecule has 1 aromatic carbocycles. The summed E-state index contributed by atoms with van der Waals surface area (Å²) in [6.07, 6.45) is 0.319. The normalized spacial score (nSPS) is 12.4. The Morgan fingerprint density at radius 1 is 1.08 bits per heavy atom. The lowest BCUT2D eigenvalue weighted by Crippen LogP contribution is -2.30. The van der Waals surface area contributed by atoms with Gasteiger partial charge < -0.3 is 10.1 Å². The number of carbonyl (C=O) groups is 2.